The average molecular weight is 186 g/mol. The lowest BCUT2D eigenvalue weighted by Crippen LogP contribution is -2.14. The minimum atomic E-state index is 0.853. The van der Waals surface area contributed by atoms with E-state index in [-0.39, 0.29) is 0 Å². The molecule has 0 aromatic heterocycles. The number of aryl methyl sites for hydroxylation is 1. The van der Waals surface area contributed by atoms with Crippen molar-refractivity contribution in [2.45, 2.75) is 6.92 Å². The maximum absolute atomic E-state index is 4.20. The van der Waals surface area contributed by atoms with Crippen LogP contribution in [0, 0.1) is 6.92 Å². The molecule has 0 bridgehead atoms. The zero-order chi connectivity index (χ0) is 9.80. The van der Waals surface area contributed by atoms with Gasteiger partial charge in [-0.25, -0.2) is 0 Å². The molecule has 2 heteroatoms. The highest BCUT2D eigenvalue weighted by Crippen LogP contribution is 2.12. The molecule has 1 heterocycles. The molecule has 0 saturated heterocycles. The summed E-state index contributed by atoms with van der Waals surface area (Å²) in [6, 6.07) is 8.51. The lowest BCUT2D eigenvalue weighted by molar-refractivity contribution is 0.868. The van der Waals surface area contributed by atoms with Gasteiger partial charge in [-0.2, -0.15) is 0 Å². The number of hydrogen-bond donors (Lipinski definition) is 1. The van der Waals surface area contributed by atoms with Gasteiger partial charge in [0.2, 0.25) is 0 Å². The fraction of sp³-hybridized carbons (Fsp3) is 0.250. The Bertz CT molecular complexity index is 360. The van der Waals surface area contributed by atoms with E-state index in [9.17, 15) is 0 Å². The maximum Gasteiger partial charge on any atom is 0.0562 e. The van der Waals surface area contributed by atoms with Gasteiger partial charge in [-0.1, -0.05) is 29.8 Å². The van der Waals surface area contributed by atoms with E-state index in [1.54, 1.807) is 0 Å². The predicted molar refractivity (Wildman–Crippen MR) is 60.5 cm³/mol. The molecule has 1 aliphatic heterocycles. The van der Waals surface area contributed by atoms with E-state index in [1.807, 2.05) is 12.3 Å². The van der Waals surface area contributed by atoms with Crippen LogP contribution in [0.3, 0.4) is 0 Å². The summed E-state index contributed by atoms with van der Waals surface area (Å²) in [5, 5.41) is 3.35. The molecule has 1 aromatic rings. The second-order valence-corrected chi connectivity index (χ2v) is 3.43. The van der Waals surface area contributed by atoms with Gasteiger partial charge in [-0.3, -0.25) is 4.99 Å². The Balaban J connectivity index is 2.25. The normalized spacial score (nSPS) is 15.6. The van der Waals surface area contributed by atoms with Crippen molar-refractivity contribution < 1.29 is 0 Å². The highest BCUT2D eigenvalue weighted by molar-refractivity contribution is 5.84. The third-order valence-corrected chi connectivity index (χ3v) is 2.27. The molecule has 0 aliphatic carbocycles. The molecule has 72 valence electrons. The second-order valence-electron chi connectivity index (χ2n) is 3.43. The third-order valence-electron chi connectivity index (χ3n) is 2.27. The van der Waals surface area contributed by atoms with E-state index in [1.165, 1.54) is 11.1 Å². The van der Waals surface area contributed by atoms with Crippen molar-refractivity contribution in [3.05, 3.63) is 41.5 Å². The predicted octanol–water partition coefficient (Wildman–Crippen LogP) is 2.01. The average Bonchev–Trinajstić information content (AvgIpc) is 2.47. The molecule has 0 atom stereocenters. The van der Waals surface area contributed by atoms with Crippen LogP contribution >= 0.6 is 0 Å². The van der Waals surface area contributed by atoms with Crippen LogP contribution in [0.2, 0.25) is 0 Å². The van der Waals surface area contributed by atoms with Crippen molar-refractivity contribution in [1.82, 2.24) is 5.32 Å². The van der Waals surface area contributed by atoms with Gasteiger partial charge in [-0.05, 0) is 18.6 Å². The number of hydrogen-bond acceptors (Lipinski definition) is 2. The van der Waals surface area contributed by atoms with E-state index >= 15 is 0 Å². The first-order valence-electron chi connectivity index (χ1n) is 4.87. The summed E-state index contributed by atoms with van der Waals surface area (Å²) in [7, 11) is 0. The van der Waals surface area contributed by atoms with Crippen molar-refractivity contribution in [2.75, 3.05) is 13.1 Å². The molecule has 1 aliphatic rings. The van der Waals surface area contributed by atoms with Gasteiger partial charge in [0.05, 0.1) is 6.54 Å². The van der Waals surface area contributed by atoms with Crippen molar-refractivity contribution in [1.29, 1.82) is 0 Å². The Hall–Kier alpha value is -1.57. The summed E-state index contributed by atoms with van der Waals surface area (Å²) in [4.78, 5) is 4.20. The van der Waals surface area contributed by atoms with Crippen molar-refractivity contribution >= 4 is 11.9 Å². The highest BCUT2D eigenvalue weighted by atomic mass is 14.9. The number of benzene rings is 1. The monoisotopic (exact) mass is 186 g/mol. The standard InChI is InChI=1S/C12H14N2/c1-10-2-4-11(5-3-10)12-6-7-13-8-9-14-12/h2-7,14H,8-9H2,1H3. The number of nitrogens with zero attached hydrogens (tertiary/aromatic N) is 1. The lowest BCUT2D eigenvalue weighted by Gasteiger charge is -2.08. The van der Waals surface area contributed by atoms with Crippen LogP contribution in [-0.2, 0) is 0 Å². The molecule has 0 spiro atoms. The van der Waals surface area contributed by atoms with Crippen molar-refractivity contribution in [3.63, 3.8) is 0 Å². The quantitative estimate of drug-likeness (QED) is 0.713. The van der Waals surface area contributed by atoms with Gasteiger partial charge in [0.15, 0.2) is 0 Å². The summed E-state index contributed by atoms with van der Waals surface area (Å²) < 4.78 is 0. The Morgan fingerprint density at radius 1 is 1.21 bits per heavy atom. The zero-order valence-electron chi connectivity index (χ0n) is 8.33. The Morgan fingerprint density at radius 3 is 2.79 bits per heavy atom. The van der Waals surface area contributed by atoms with Gasteiger partial charge in [0.1, 0.15) is 0 Å². The van der Waals surface area contributed by atoms with Gasteiger partial charge >= 0.3 is 0 Å². The van der Waals surface area contributed by atoms with E-state index in [2.05, 4.69) is 41.5 Å². The Labute approximate surface area is 84.4 Å². The summed E-state index contributed by atoms with van der Waals surface area (Å²) >= 11 is 0. The van der Waals surface area contributed by atoms with Crippen LogP contribution in [0.5, 0.6) is 0 Å². The van der Waals surface area contributed by atoms with Crippen LogP contribution in [-0.4, -0.2) is 19.3 Å². The molecule has 0 saturated carbocycles. The van der Waals surface area contributed by atoms with E-state index in [0.29, 0.717) is 0 Å². The molecular weight excluding hydrogens is 172 g/mol. The van der Waals surface area contributed by atoms with Crippen LogP contribution < -0.4 is 5.32 Å². The maximum atomic E-state index is 4.20. The number of rotatable bonds is 1. The summed E-state index contributed by atoms with van der Waals surface area (Å²) in [6.45, 7) is 3.86. The minimum Gasteiger partial charge on any atom is -0.383 e. The fourth-order valence-electron chi connectivity index (χ4n) is 1.45. The Morgan fingerprint density at radius 2 is 2.00 bits per heavy atom. The first-order valence-corrected chi connectivity index (χ1v) is 4.87. The van der Waals surface area contributed by atoms with Crippen LogP contribution in [0.25, 0.3) is 5.70 Å². The van der Waals surface area contributed by atoms with Crippen molar-refractivity contribution in [2.24, 2.45) is 4.99 Å². The minimum absolute atomic E-state index is 0.853. The van der Waals surface area contributed by atoms with E-state index in [4.69, 9.17) is 0 Å². The first kappa shape index (κ1) is 9.00. The SMILES string of the molecule is Cc1ccc(C2=CC=NCCN2)cc1. The van der Waals surface area contributed by atoms with Gasteiger partial charge in [-0.15, -0.1) is 0 Å². The molecule has 0 radical (unpaired) electrons. The topological polar surface area (TPSA) is 24.4 Å². The molecule has 0 amide bonds. The summed E-state index contributed by atoms with van der Waals surface area (Å²) in [5.41, 5.74) is 3.67. The smallest absolute Gasteiger partial charge is 0.0562 e. The number of aliphatic imine (C=N–C) groups is 1. The van der Waals surface area contributed by atoms with E-state index < -0.39 is 0 Å². The molecule has 1 N–H and O–H groups in total. The number of nitrogens with one attached hydrogen (secondary N) is 1. The highest BCUT2D eigenvalue weighted by Gasteiger charge is 2.00. The van der Waals surface area contributed by atoms with E-state index in [0.717, 1.165) is 18.8 Å². The van der Waals surface area contributed by atoms with Crippen LogP contribution in [0.1, 0.15) is 11.1 Å². The third kappa shape index (κ3) is 2.02. The van der Waals surface area contributed by atoms with Crippen LogP contribution in [0.4, 0.5) is 0 Å². The first-order chi connectivity index (χ1) is 6.86. The molecule has 1 aromatic carbocycles. The van der Waals surface area contributed by atoms with Gasteiger partial charge in [0.25, 0.3) is 0 Å². The summed E-state index contributed by atoms with van der Waals surface area (Å²) in [6.07, 6.45) is 3.90. The van der Waals surface area contributed by atoms with Crippen molar-refractivity contribution in [3.8, 4) is 0 Å². The summed E-state index contributed by atoms with van der Waals surface area (Å²) in [5.74, 6) is 0. The number of allylic oxidation sites excluding steroid dienone is 1. The molecule has 2 rings (SSSR count). The zero-order valence-corrected chi connectivity index (χ0v) is 8.33. The second kappa shape index (κ2) is 4.09. The molecule has 0 fully saturated rings. The van der Waals surface area contributed by atoms with Gasteiger partial charge in [0, 0.05) is 18.5 Å². The van der Waals surface area contributed by atoms with Crippen LogP contribution in [0.15, 0.2) is 35.3 Å². The molecule has 0 unspecified atom stereocenters. The molecule has 14 heavy (non-hydrogen) atoms. The molecular formula is C12H14N2. The Kier molecular flexibility index (Phi) is 2.63. The largest absolute Gasteiger partial charge is 0.383 e. The fourth-order valence-corrected chi connectivity index (χ4v) is 1.45. The molecule has 2 nitrogen and oxygen atoms in total. The van der Waals surface area contributed by atoms with Gasteiger partial charge < -0.3 is 5.32 Å². The lowest BCUT2D eigenvalue weighted by atomic mass is 10.1.